The zero-order chi connectivity index (χ0) is 17.3. The summed E-state index contributed by atoms with van der Waals surface area (Å²) < 4.78 is 0. The highest BCUT2D eigenvalue weighted by Gasteiger charge is 1.98. The second-order valence-corrected chi connectivity index (χ2v) is 7.56. The molecule has 0 heterocycles. The molecule has 0 saturated carbocycles. The smallest absolute Gasteiger partial charge is 0.0279 e. The van der Waals surface area contributed by atoms with E-state index in [-0.39, 0.29) is 0 Å². The molecule has 0 bridgehead atoms. The molecule has 0 amide bonds. The molecule has 1 rings (SSSR count). The van der Waals surface area contributed by atoms with Crippen LogP contribution in [-0.4, -0.2) is 0 Å². The number of rotatable bonds is 16. The summed E-state index contributed by atoms with van der Waals surface area (Å²) in [5.41, 5.74) is 3.12. The van der Waals surface area contributed by atoms with Crippen LogP contribution in [0.2, 0.25) is 0 Å². The lowest BCUT2D eigenvalue weighted by atomic mass is 10.00. The summed E-state index contributed by atoms with van der Waals surface area (Å²) >= 11 is 0. The SMILES string of the molecule is CCCCCCCCCCc1cccc(CCCCCCCC)c1. The molecular formula is C24H42. The normalized spacial score (nSPS) is 11.1. The van der Waals surface area contributed by atoms with Gasteiger partial charge in [0.15, 0.2) is 0 Å². The first-order chi connectivity index (χ1) is 11.9. The zero-order valence-electron chi connectivity index (χ0n) is 16.6. The third-order valence-electron chi connectivity index (χ3n) is 5.13. The Morgan fingerprint density at radius 3 is 1.29 bits per heavy atom. The van der Waals surface area contributed by atoms with Crippen LogP contribution in [-0.2, 0) is 12.8 Å². The molecule has 0 spiro atoms. The highest BCUT2D eigenvalue weighted by Crippen LogP contribution is 2.15. The quantitative estimate of drug-likeness (QED) is 0.267. The fraction of sp³-hybridized carbons (Fsp3) is 0.750. The molecule has 0 aliphatic carbocycles. The standard InChI is InChI=1S/C24H42/c1-3-5-7-9-11-12-14-16-19-24-21-17-20-23(22-24)18-15-13-10-8-6-4-2/h17,20-22H,3-16,18-19H2,1-2H3. The summed E-state index contributed by atoms with van der Waals surface area (Å²) in [6, 6.07) is 9.38. The van der Waals surface area contributed by atoms with Crippen molar-refractivity contribution in [1.82, 2.24) is 0 Å². The van der Waals surface area contributed by atoms with Gasteiger partial charge in [-0.25, -0.2) is 0 Å². The van der Waals surface area contributed by atoms with E-state index in [0.717, 1.165) is 0 Å². The third kappa shape index (κ3) is 11.7. The minimum Gasteiger partial charge on any atom is -0.0654 e. The summed E-state index contributed by atoms with van der Waals surface area (Å²) in [7, 11) is 0. The van der Waals surface area contributed by atoms with Gasteiger partial charge in [-0.05, 0) is 36.8 Å². The molecule has 0 unspecified atom stereocenters. The Labute approximate surface area is 152 Å². The average molecular weight is 331 g/mol. The van der Waals surface area contributed by atoms with E-state index in [9.17, 15) is 0 Å². The highest BCUT2D eigenvalue weighted by molar-refractivity contribution is 5.23. The first kappa shape index (κ1) is 21.3. The Balaban J connectivity index is 2.07. The van der Waals surface area contributed by atoms with Gasteiger partial charge in [0.05, 0.1) is 0 Å². The second-order valence-electron chi connectivity index (χ2n) is 7.56. The molecule has 138 valence electrons. The molecule has 0 nitrogen and oxygen atoms in total. The minimum atomic E-state index is 1.28. The van der Waals surface area contributed by atoms with Crippen molar-refractivity contribution in [1.29, 1.82) is 0 Å². The number of aryl methyl sites for hydroxylation is 2. The lowest BCUT2D eigenvalue weighted by Gasteiger charge is -2.06. The van der Waals surface area contributed by atoms with Gasteiger partial charge >= 0.3 is 0 Å². The van der Waals surface area contributed by atoms with Gasteiger partial charge in [0, 0.05) is 0 Å². The van der Waals surface area contributed by atoms with Crippen molar-refractivity contribution in [3.63, 3.8) is 0 Å². The van der Waals surface area contributed by atoms with Crippen molar-refractivity contribution in [3.05, 3.63) is 35.4 Å². The van der Waals surface area contributed by atoms with Crippen molar-refractivity contribution in [3.8, 4) is 0 Å². The third-order valence-corrected chi connectivity index (χ3v) is 5.13. The fourth-order valence-corrected chi connectivity index (χ4v) is 3.51. The summed E-state index contributed by atoms with van der Waals surface area (Å²) in [4.78, 5) is 0. The predicted molar refractivity (Wildman–Crippen MR) is 110 cm³/mol. The molecule has 0 saturated heterocycles. The van der Waals surface area contributed by atoms with Crippen LogP contribution < -0.4 is 0 Å². The van der Waals surface area contributed by atoms with E-state index in [1.54, 1.807) is 11.1 Å². The Bertz CT molecular complexity index is 379. The topological polar surface area (TPSA) is 0 Å². The Morgan fingerprint density at radius 2 is 0.875 bits per heavy atom. The maximum Gasteiger partial charge on any atom is -0.0279 e. The summed E-state index contributed by atoms with van der Waals surface area (Å²) in [6.45, 7) is 4.58. The van der Waals surface area contributed by atoms with E-state index in [1.807, 2.05) is 0 Å². The van der Waals surface area contributed by atoms with Crippen molar-refractivity contribution < 1.29 is 0 Å². The fourth-order valence-electron chi connectivity index (χ4n) is 3.51. The Kier molecular flexibility index (Phi) is 13.9. The summed E-state index contributed by atoms with van der Waals surface area (Å²) in [6.07, 6.45) is 22.2. The molecule has 0 aliphatic heterocycles. The molecule has 0 aromatic heterocycles. The van der Waals surface area contributed by atoms with Crippen LogP contribution in [0.3, 0.4) is 0 Å². The van der Waals surface area contributed by atoms with E-state index in [4.69, 9.17) is 0 Å². The number of hydrogen-bond acceptors (Lipinski definition) is 0. The molecule has 0 aliphatic rings. The van der Waals surface area contributed by atoms with Crippen molar-refractivity contribution in [2.45, 2.75) is 117 Å². The molecular weight excluding hydrogens is 288 g/mol. The van der Waals surface area contributed by atoms with E-state index in [0.29, 0.717) is 0 Å². The number of benzene rings is 1. The Morgan fingerprint density at radius 1 is 0.500 bits per heavy atom. The zero-order valence-corrected chi connectivity index (χ0v) is 16.6. The lowest BCUT2D eigenvalue weighted by Crippen LogP contribution is -1.91. The van der Waals surface area contributed by atoms with Gasteiger partial charge in [0.1, 0.15) is 0 Å². The summed E-state index contributed by atoms with van der Waals surface area (Å²) in [5.74, 6) is 0. The van der Waals surface area contributed by atoms with Crippen LogP contribution in [0, 0.1) is 0 Å². The molecule has 0 N–H and O–H groups in total. The molecule has 1 aromatic carbocycles. The van der Waals surface area contributed by atoms with E-state index in [1.165, 1.54) is 103 Å². The monoisotopic (exact) mass is 330 g/mol. The average Bonchev–Trinajstić information content (AvgIpc) is 2.61. The van der Waals surface area contributed by atoms with Gasteiger partial charge in [-0.15, -0.1) is 0 Å². The number of hydrogen-bond donors (Lipinski definition) is 0. The largest absolute Gasteiger partial charge is 0.0654 e. The first-order valence-corrected chi connectivity index (χ1v) is 10.9. The summed E-state index contributed by atoms with van der Waals surface area (Å²) in [5, 5.41) is 0. The van der Waals surface area contributed by atoms with Crippen LogP contribution in [0.15, 0.2) is 24.3 Å². The van der Waals surface area contributed by atoms with Crippen LogP contribution in [0.5, 0.6) is 0 Å². The second kappa shape index (κ2) is 15.7. The van der Waals surface area contributed by atoms with Gasteiger partial charge in [-0.1, -0.05) is 115 Å². The highest BCUT2D eigenvalue weighted by atomic mass is 14.0. The van der Waals surface area contributed by atoms with Crippen LogP contribution >= 0.6 is 0 Å². The Hall–Kier alpha value is -0.780. The van der Waals surface area contributed by atoms with Gasteiger partial charge in [-0.3, -0.25) is 0 Å². The first-order valence-electron chi connectivity index (χ1n) is 10.9. The van der Waals surface area contributed by atoms with Crippen LogP contribution in [0.1, 0.15) is 115 Å². The molecule has 1 aromatic rings. The van der Waals surface area contributed by atoms with Crippen LogP contribution in [0.25, 0.3) is 0 Å². The van der Waals surface area contributed by atoms with Crippen molar-refractivity contribution >= 4 is 0 Å². The molecule has 24 heavy (non-hydrogen) atoms. The van der Waals surface area contributed by atoms with Crippen molar-refractivity contribution in [2.24, 2.45) is 0 Å². The molecule has 0 atom stereocenters. The molecule has 0 fully saturated rings. The van der Waals surface area contributed by atoms with E-state index in [2.05, 4.69) is 38.1 Å². The van der Waals surface area contributed by atoms with Gasteiger partial charge < -0.3 is 0 Å². The van der Waals surface area contributed by atoms with Crippen molar-refractivity contribution in [2.75, 3.05) is 0 Å². The van der Waals surface area contributed by atoms with Crippen LogP contribution in [0.4, 0.5) is 0 Å². The maximum absolute atomic E-state index is 2.47. The number of unbranched alkanes of at least 4 members (excludes halogenated alkanes) is 12. The maximum atomic E-state index is 2.47. The van der Waals surface area contributed by atoms with E-state index >= 15 is 0 Å². The van der Waals surface area contributed by atoms with E-state index < -0.39 is 0 Å². The predicted octanol–water partition coefficient (Wildman–Crippen LogP) is 8.27. The molecule has 0 radical (unpaired) electrons. The van der Waals surface area contributed by atoms with Gasteiger partial charge in [-0.2, -0.15) is 0 Å². The molecule has 0 heteroatoms. The minimum absolute atomic E-state index is 1.28. The van der Waals surface area contributed by atoms with Gasteiger partial charge in [0.2, 0.25) is 0 Å². The lowest BCUT2D eigenvalue weighted by molar-refractivity contribution is 0.575. The van der Waals surface area contributed by atoms with Gasteiger partial charge in [0.25, 0.3) is 0 Å².